The number of esters is 1. The molecule has 134 valence electrons. The second kappa shape index (κ2) is 6.96. The third-order valence-corrected chi connectivity index (χ3v) is 4.52. The molecular formula is C22H18N2O3. The average molecular weight is 358 g/mol. The first-order valence-electron chi connectivity index (χ1n) is 8.49. The standard InChI is InChI=1S/C22H18N2O3/c1-26-17-6-3-5-14(10-17)15-9-16(13-23-12-15)21-11-19-18(22(25)27-2)7-4-8-20(19)24-21/h3-13,24H,1-2H3. The zero-order chi connectivity index (χ0) is 18.8. The fraction of sp³-hybridized carbons (Fsp3) is 0.0909. The molecule has 0 saturated carbocycles. The number of carbonyl (C=O) groups excluding carboxylic acids is 1. The summed E-state index contributed by atoms with van der Waals surface area (Å²) in [5, 5.41) is 0.825. The third-order valence-electron chi connectivity index (χ3n) is 4.52. The molecule has 0 fully saturated rings. The maximum absolute atomic E-state index is 12.0. The van der Waals surface area contributed by atoms with Crippen molar-refractivity contribution in [1.82, 2.24) is 9.97 Å². The first-order valence-corrected chi connectivity index (χ1v) is 8.49. The number of H-pyrrole nitrogens is 1. The van der Waals surface area contributed by atoms with Crippen molar-refractivity contribution in [3.63, 3.8) is 0 Å². The predicted molar refractivity (Wildman–Crippen MR) is 105 cm³/mol. The molecule has 5 heteroatoms. The highest BCUT2D eigenvalue weighted by atomic mass is 16.5. The molecule has 0 amide bonds. The number of hydrogen-bond acceptors (Lipinski definition) is 4. The first kappa shape index (κ1) is 16.8. The second-order valence-corrected chi connectivity index (χ2v) is 6.14. The number of benzene rings is 2. The summed E-state index contributed by atoms with van der Waals surface area (Å²) < 4.78 is 10.2. The lowest BCUT2D eigenvalue weighted by Gasteiger charge is -2.06. The van der Waals surface area contributed by atoms with E-state index in [9.17, 15) is 4.79 Å². The van der Waals surface area contributed by atoms with Crippen LogP contribution in [0.4, 0.5) is 0 Å². The van der Waals surface area contributed by atoms with E-state index in [1.54, 1.807) is 19.4 Å². The lowest BCUT2D eigenvalue weighted by molar-refractivity contribution is 0.0603. The van der Waals surface area contributed by atoms with Crippen LogP contribution in [0.15, 0.2) is 67.0 Å². The Bertz CT molecular complexity index is 1130. The van der Waals surface area contributed by atoms with Gasteiger partial charge in [0, 0.05) is 40.1 Å². The zero-order valence-electron chi connectivity index (χ0n) is 15.0. The van der Waals surface area contributed by atoms with Crippen molar-refractivity contribution in [2.24, 2.45) is 0 Å². The molecule has 1 N–H and O–H groups in total. The van der Waals surface area contributed by atoms with Gasteiger partial charge in [0.05, 0.1) is 19.8 Å². The quantitative estimate of drug-likeness (QED) is 0.538. The molecule has 0 aliphatic heterocycles. The Morgan fingerprint density at radius 1 is 0.926 bits per heavy atom. The van der Waals surface area contributed by atoms with E-state index in [0.29, 0.717) is 5.56 Å². The number of hydrogen-bond donors (Lipinski definition) is 1. The fourth-order valence-corrected chi connectivity index (χ4v) is 3.15. The van der Waals surface area contributed by atoms with E-state index in [2.05, 4.69) is 16.0 Å². The molecule has 0 aliphatic carbocycles. The minimum absolute atomic E-state index is 0.352. The van der Waals surface area contributed by atoms with Crippen molar-refractivity contribution in [1.29, 1.82) is 0 Å². The van der Waals surface area contributed by atoms with E-state index in [0.717, 1.165) is 39.0 Å². The van der Waals surface area contributed by atoms with Crippen molar-refractivity contribution < 1.29 is 14.3 Å². The fourth-order valence-electron chi connectivity index (χ4n) is 3.15. The highest BCUT2D eigenvalue weighted by molar-refractivity contribution is 6.05. The normalized spacial score (nSPS) is 10.7. The van der Waals surface area contributed by atoms with Crippen molar-refractivity contribution in [2.45, 2.75) is 0 Å². The van der Waals surface area contributed by atoms with Crippen LogP contribution in [0.1, 0.15) is 10.4 Å². The highest BCUT2D eigenvalue weighted by Crippen LogP contribution is 2.30. The topological polar surface area (TPSA) is 64.2 Å². The van der Waals surface area contributed by atoms with Crippen LogP contribution in [0.25, 0.3) is 33.3 Å². The number of fused-ring (bicyclic) bond motifs is 1. The summed E-state index contributed by atoms with van der Waals surface area (Å²) in [4.78, 5) is 19.8. The van der Waals surface area contributed by atoms with Gasteiger partial charge in [-0.2, -0.15) is 0 Å². The Labute approximate surface area is 156 Å². The molecule has 0 unspecified atom stereocenters. The zero-order valence-corrected chi connectivity index (χ0v) is 15.0. The van der Waals surface area contributed by atoms with Gasteiger partial charge in [0.1, 0.15) is 5.75 Å². The summed E-state index contributed by atoms with van der Waals surface area (Å²) in [6.45, 7) is 0. The van der Waals surface area contributed by atoms with Crippen molar-refractivity contribution in [3.05, 3.63) is 72.6 Å². The Morgan fingerprint density at radius 3 is 2.56 bits per heavy atom. The number of nitrogens with one attached hydrogen (secondary N) is 1. The predicted octanol–water partition coefficient (Wildman–Crippen LogP) is 4.69. The minimum Gasteiger partial charge on any atom is -0.497 e. The van der Waals surface area contributed by atoms with Gasteiger partial charge in [0.25, 0.3) is 0 Å². The first-order chi connectivity index (χ1) is 13.2. The van der Waals surface area contributed by atoms with Crippen LogP contribution in [-0.4, -0.2) is 30.2 Å². The molecule has 5 nitrogen and oxygen atoms in total. The maximum atomic E-state index is 12.0. The second-order valence-electron chi connectivity index (χ2n) is 6.14. The number of methoxy groups -OCH3 is 2. The van der Waals surface area contributed by atoms with Gasteiger partial charge in [-0.3, -0.25) is 4.98 Å². The maximum Gasteiger partial charge on any atom is 0.338 e. The van der Waals surface area contributed by atoms with Crippen LogP contribution >= 0.6 is 0 Å². The molecule has 4 rings (SSSR count). The minimum atomic E-state index is -0.352. The number of aromatic amines is 1. The molecule has 0 aliphatic rings. The monoisotopic (exact) mass is 358 g/mol. The van der Waals surface area contributed by atoms with Gasteiger partial charge in [0.2, 0.25) is 0 Å². The van der Waals surface area contributed by atoms with E-state index >= 15 is 0 Å². The SMILES string of the molecule is COC(=O)c1cccc2[nH]c(-c3cncc(-c4cccc(OC)c4)c3)cc12. The molecule has 2 heterocycles. The Hall–Kier alpha value is -3.60. The summed E-state index contributed by atoms with van der Waals surface area (Å²) in [7, 11) is 3.04. The van der Waals surface area contributed by atoms with Gasteiger partial charge in [0.15, 0.2) is 0 Å². The van der Waals surface area contributed by atoms with Crippen LogP contribution in [-0.2, 0) is 4.74 Å². The van der Waals surface area contributed by atoms with Crippen LogP contribution in [0, 0.1) is 0 Å². The molecule has 0 saturated heterocycles. The Morgan fingerprint density at radius 2 is 1.74 bits per heavy atom. The molecule has 0 radical (unpaired) electrons. The van der Waals surface area contributed by atoms with Gasteiger partial charge < -0.3 is 14.5 Å². The largest absolute Gasteiger partial charge is 0.497 e. The van der Waals surface area contributed by atoms with Crippen molar-refractivity contribution >= 4 is 16.9 Å². The van der Waals surface area contributed by atoms with E-state index < -0.39 is 0 Å². The average Bonchev–Trinajstić information content (AvgIpc) is 3.18. The number of pyridine rings is 1. The lowest BCUT2D eigenvalue weighted by atomic mass is 10.0. The van der Waals surface area contributed by atoms with E-state index in [1.165, 1.54) is 7.11 Å². The van der Waals surface area contributed by atoms with Crippen LogP contribution in [0.3, 0.4) is 0 Å². The molecule has 2 aromatic heterocycles. The number of ether oxygens (including phenoxy) is 2. The smallest absolute Gasteiger partial charge is 0.338 e. The van der Waals surface area contributed by atoms with Gasteiger partial charge in [-0.05, 0) is 42.0 Å². The highest BCUT2D eigenvalue weighted by Gasteiger charge is 2.13. The van der Waals surface area contributed by atoms with Crippen LogP contribution < -0.4 is 4.74 Å². The molecule has 27 heavy (non-hydrogen) atoms. The van der Waals surface area contributed by atoms with Gasteiger partial charge in [-0.1, -0.05) is 18.2 Å². The van der Waals surface area contributed by atoms with Crippen LogP contribution in [0.5, 0.6) is 5.75 Å². The van der Waals surface area contributed by atoms with Crippen molar-refractivity contribution in [2.75, 3.05) is 14.2 Å². The van der Waals surface area contributed by atoms with E-state index in [4.69, 9.17) is 9.47 Å². The number of rotatable bonds is 4. The summed E-state index contributed by atoms with van der Waals surface area (Å²) in [5.41, 5.74) is 5.24. The Balaban J connectivity index is 1.79. The Kier molecular flexibility index (Phi) is 4.34. The number of carbonyl (C=O) groups is 1. The molecule has 0 bridgehead atoms. The summed E-state index contributed by atoms with van der Waals surface area (Å²) >= 11 is 0. The van der Waals surface area contributed by atoms with E-state index in [1.807, 2.05) is 48.7 Å². The van der Waals surface area contributed by atoms with Gasteiger partial charge in [-0.15, -0.1) is 0 Å². The van der Waals surface area contributed by atoms with Crippen molar-refractivity contribution in [3.8, 4) is 28.1 Å². The summed E-state index contributed by atoms with van der Waals surface area (Å²) in [5.74, 6) is 0.445. The lowest BCUT2D eigenvalue weighted by Crippen LogP contribution is -2.00. The van der Waals surface area contributed by atoms with Crippen LogP contribution in [0.2, 0.25) is 0 Å². The summed E-state index contributed by atoms with van der Waals surface area (Å²) in [6, 6.07) is 17.4. The molecular weight excluding hydrogens is 340 g/mol. The molecule has 2 aromatic carbocycles. The number of aromatic nitrogens is 2. The molecule has 0 spiro atoms. The molecule has 0 atom stereocenters. The third kappa shape index (κ3) is 3.15. The van der Waals surface area contributed by atoms with Gasteiger partial charge in [-0.25, -0.2) is 4.79 Å². The molecule has 4 aromatic rings. The van der Waals surface area contributed by atoms with E-state index in [-0.39, 0.29) is 5.97 Å². The summed E-state index contributed by atoms with van der Waals surface area (Å²) in [6.07, 6.45) is 3.62. The van der Waals surface area contributed by atoms with Gasteiger partial charge >= 0.3 is 5.97 Å². The number of nitrogens with zero attached hydrogens (tertiary/aromatic N) is 1.